The number of rotatable bonds is 13. The van der Waals surface area contributed by atoms with Crippen LogP contribution in [0.3, 0.4) is 0 Å². The fourth-order valence-electron chi connectivity index (χ4n) is 7.65. The molecule has 0 bridgehead atoms. The second-order valence-corrected chi connectivity index (χ2v) is 12.9. The monoisotopic (exact) mass is 721 g/mol. The molecule has 53 heavy (non-hydrogen) atoms. The van der Waals surface area contributed by atoms with Crippen molar-refractivity contribution < 1.29 is 39.1 Å². The summed E-state index contributed by atoms with van der Waals surface area (Å²) in [5.41, 5.74) is -5.27. The van der Waals surface area contributed by atoms with Crippen LogP contribution in [0, 0.1) is 6.92 Å². The standard InChI is InChI=1S/C41H43N3O9/c1-28-27-44(37(47)43-35(28)42-36(46)29-17-9-5-10-18-29)41(38(48,25-26-50-2)33(45)34(53-41)40(49,51-3)52-4)39(30-19-11-6-12-20-30,31-21-13-7-14-22-31)32-23-15-8-16-24-32/h5-24,27,33-34,45,48-49H,25-26H2,1-4H3,(H,42,43,46,47)/t33-,34+,38-,41+/m1/s1. The third-order valence-corrected chi connectivity index (χ3v) is 10.1. The summed E-state index contributed by atoms with van der Waals surface area (Å²) in [7, 11) is 3.76. The van der Waals surface area contributed by atoms with Gasteiger partial charge in [-0.3, -0.25) is 9.36 Å². The van der Waals surface area contributed by atoms with Crippen molar-refractivity contribution in [2.45, 2.75) is 48.3 Å². The summed E-state index contributed by atoms with van der Waals surface area (Å²) in [5, 5.41) is 40.5. The van der Waals surface area contributed by atoms with Crippen molar-refractivity contribution in [3.05, 3.63) is 166 Å². The number of amides is 1. The number of ether oxygens (including phenoxy) is 4. The van der Waals surface area contributed by atoms with Crippen LogP contribution in [-0.4, -0.2) is 82.5 Å². The number of hydrogen-bond donors (Lipinski definition) is 4. The molecule has 1 aromatic heterocycles. The first-order valence-electron chi connectivity index (χ1n) is 17.1. The highest BCUT2D eigenvalue weighted by atomic mass is 16.8. The Hall–Kier alpha value is -5.05. The van der Waals surface area contributed by atoms with Crippen molar-refractivity contribution in [3.8, 4) is 0 Å². The van der Waals surface area contributed by atoms with Crippen LogP contribution in [0.15, 0.2) is 132 Å². The molecule has 0 radical (unpaired) electrons. The van der Waals surface area contributed by atoms with Crippen molar-refractivity contribution in [1.29, 1.82) is 0 Å². The minimum absolute atomic E-state index is 0.0270. The second-order valence-electron chi connectivity index (χ2n) is 12.9. The number of carbonyl (C=O) groups excluding carboxylic acids is 1. The zero-order valence-electron chi connectivity index (χ0n) is 29.9. The highest BCUT2D eigenvalue weighted by Crippen LogP contribution is 2.62. The Morgan fingerprint density at radius 1 is 0.849 bits per heavy atom. The minimum atomic E-state index is -2.63. The van der Waals surface area contributed by atoms with Crippen molar-refractivity contribution in [2.75, 3.05) is 33.3 Å². The lowest BCUT2D eigenvalue weighted by Crippen LogP contribution is -2.70. The fourth-order valence-corrected chi connectivity index (χ4v) is 7.65. The quantitative estimate of drug-likeness (QED) is 0.104. The maximum atomic E-state index is 14.9. The van der Waals surface area contributed by atoms with Gasteiger partial charge in [0, 0.05) is 51.7 Å². The van der Waals surface area contributed by atoms with Gasteiger partial charge >= 0.3 is 11.7 Å². The molecule has 0 aliphatic carbocycles. The second kappa shape index (κ2) is 15.1. The van der Waals surface area contributed by atoms with Gasteiger partial charge in [0.25, 0.3) is 5.91 Å². The van der Waals surface area contributed by atoms with E-state index in [9.17, 15) is 24.9 Å². The summed E-state index contributed by atoms with van der Waals surface area (Å²) >= 11 is 0. The van der Waals surface area contributed by atoms with Crippen molar-refractivity contribution >= 4 is 11.7 Å². The normalized spacial score (nSPS) is 21.7. The van der Waals surface area contributed by atoms with Crippen molar-refractivity contribution in [3.63, 3.8) is 0 Å². The molecule has 12 heteroatoms. The molecular formula is C41H43N3O9. The summed E-state index contributed by atoms with van der Waals surface area (Å²) in [4.78, 5) is 32.5. The molecule has 12 nitrogen and oxygen atoms in total. The van der Waals surface area contributed by atoms with Gasteiger partial charge in [-0.2, -0.15) is 4.98 Å². The number of methoxy groups -OCH3 is 3. The zero-order valence-corrected chi connectivity index (χ0v) is 29.9. The highest BCUT2D eigenvalue weighted by Gasteiger charge is 2.78. The number of nitrogens with one attached hydrogen (secondary N) is 1. The topological polar surface area (TPSA) is 162 Å². The summed E-state index contributed by atoms with van der Waals surface area (Å²) in [6, 6.07) is 35.9. The number of anilines is 1. The number of benzene rings is 4. The first kappa shape index (κ1) is 37.7. The van der Waals surface area contributed by atoms with E-state index in [2.05, 4.69) is 10.3 Å². The predicted octanol–water partition coefficient (Wildman–Crippen LogP) is 3.96. The van der Waals surface area contributed by atoms with Crippen molar-refractivity contribution in [1.82, 2.24) is 9.55 Å². The van der Waals surface area contributed by atoms with E-state index in [1.807, 2.05) is 91.0 Å². The Morgan fingerprint density at radius 2 is 1.32 bits per heavy atom. The molecule has 0 saturated carbocycles. The maximum absolute atomic E-state index is 14.9. The molecule has 1 aliphatic rings. The molecule has 1 aliphatic heterocycles. The molecule has 276 valence electrons. The van der Waals surface area contributed by atoms with Crippen LogP contribution in [-0.2, 0) is 30.1 Å². The lowest BCUT2D eigenvalue weighted by atomic mass is 9.57. The van der Waals surface area contributed by atoms with Crippen LogP contribution in [0.5, 0.6) is 0 Å². The van der Waals surface area contributed by atoms with Gasteiger partial charge in [-0.05, 0) is 35.7 Å². The van der Waals surface area contributed by atoms with E-state index >= 15 is 0 Å². The molecule has 1 saturated heterocycles. The van der Waals surface area contributed by atoms with E-state index < -0.39 is 46.5 Å². The van der Waals surface area contributed by atoms with Crippen LogP contribution in [0.25, 0.3) is 0 Å². The van der Waals surface area contributed by atoms with Crippen molar-refractivity contribution in [2.24, 2.45) is 0 Å². The number of carbonyl (C=O) groups is 1. The molecular weight excluding hydrogens is 678 g/mol. The van der Waals surface area contributed by atoms with E-state index in [1.165, 1.54) is 13.3 Å². The Kier molecular flexibility index (Phi) is 10.8. The molecule has 6 rings (SSSR count). The molecule has 0 unspecified atom stereocenters. The average molecular weight is 722 g/mol. The minimum Gasteiger partial charge on any atom is -0.387 e. The Morgan fingerprint density at radius 3 is 1.77 bits per heavy atom. The third kappa shape index (κ3) is 6.08. The first-order chi connectivity index (χ1) is 25.5. The Balaban J connectivity index is 1.79. The Bertz CT molecular complexity index is 1960. The van der Waals surface area contributed by atoms with Gasteiger partial charge in [0.05, 0.1) is 5.41 Å². The summed E-state index contributed by atoms with van der Waals surface area (Å²) in [6.45, 7) is 1.52. The number of hydrogen-bond acceptors (Lipinski definition) is 10. The van der Waals surface area contributed by atoms with Gasteiger partial charge in [0.2, 0.25) is 0 Å². The number of nitrogens with zero attached hydrogens (tertiary/aromatic N) is 2. The summed E-state index contributed by atoms with van der Waals surface area (Å²) in [5.74, 6) is -3.15. The summed E-state index contributed by atoms with van der Waals surface area (Å²) in [6.07, 6.45) is -2.72. The Labute approximate surface area is 307 Å². The van der Waals surface area contributed by atoms with Crippen LogP contribution in [0.4, 0.5) is 5.82 Å². The molecule has 4 atom stereocenters. The SMILES string of the molecule is COCC[C@@]1(O)[C@H](O)[C@@H](C(O)(OC)OC)O[C@]1(n1cc(C)c(NC(=O)c2ccccc2)nc1=O)C(c1ccccc1)(c1ccccc1)c1ccccc1. The molecule has 1 fully saturated rings. The van der Waals surface area contributed by atoms with Gasteiger partial charge in [-0.15, -0.1) is 0 Å². The number of aryl methyl sites for hydroxylation is 1. The molecule has 4 aromatic carbocycles. The lowest BCUT2D eigenvalue weighted by Gasteiger charge is -2.55. The van der Waals surface area contributed by atoms with E-state index in [0.717, 1.165) is 18.8 Å². The highest BCUT2D eigenvalue weighted by molar-refractivity contribution is 6.04. The van der Waals surface area contributed by atoms with Crippen LogP contribution < -0.4 is 11.0 Å². The van der Waals surface area contributed by atoms with Gasteiger partial charge in [-0.1, -0.05) is 109 Å². The van der Waals surface area contributed by atoms with E-state index in [1.54, 1.807) is 37.3 Å². The lowest BCUT2D eigenvalue weighted by molar-refractivity contribution is -0.396. The maximum Gasteiger partial charge on any atom is 0.352 e. The van der Waals surface area contributed by atoms with Crippen LogP contribution in [0.2, 0.25) is 0 Å². The summed E-state index contributed by atoms with van der Waals surface area (Å²) < 4.78 is 24.5. The fraction of sp³-hybridized carbons (Fsp3) is 0.293. The van der Waals surface area contributed by atoms with E-state index in [0.29, 0.717) is 27.8 Å². The number of aliphatic hydroxyl groups excluding tert-OH is 1. The number of aromatic nitrogens is 2. The van der Waals surface area contributed by atoms with Gasteiger partial charge in [0.1, 0.15) is 17.5 Å². The largest absolute Gasteiger partial charge is 0.387 e. The van der Waals surface area contributed by atoms with Gasteiger partial charge in [0.15, 0.2) is 11.8 Å². The average Bonchev–Trinajstić information content (AvgIpc) is 3.44. The third-order valence-electron chi connectivity index (χ3n) is 10.1. The predicted molar refractivity (Wildman–Crippen MR) is 196 cm³/mol. The molecule has 4 N–H and O–H groups in total. The van der Waals surface area contributed by atoms with Crippen LogP contribution in [0.1, 0.15) is 39.0 Å². The van der Waals surface area contributed by atoms with E-state index in [4.69, 9.17) is 18.9 Å². The number of aliphatic hydroxyl groups is 3. The first-order valence-corrected chi connectivity index (χ1v) is 17.1. The smallest absolute Gasteiger partial charge is 0.352 e. The molecule has 0 spiro atoms. The molecule has 1 amide bonds. The van der Waals surface area contributed by atoms with Gasteiger partial charge in [-0.25, -0.2) is 4.79 Å². The van der Waals surface area contributed by atoms with Crippen LogP contribution >= 0.6 is 0 Å². The molecule has 2 heterocycles. The van der Waals surface area contributed by atoms with Gasteiger partial charge < -0.3 is 39.6 Å². The molecule has 5 aromatic rings. The van der Waals surface area contributed by atoms with E-state index in [-0.39, 0.29) is 18.8 Å². The zero-order chi connectivity index (χ0) is 37.9.